The molecular weight excluding hydrogens is 555 g/mol. The number of nitrogens with one attached hydrogen (secondary N) is 3. The normalized spacial score (nSPS) is 12.9. The number of aromatic nitrogens is 2. The molecule has 202 valence electrons. The van der Waals surface area contributed by atoms with E-state index >= 15 is 0 Å². The number of ether oxygens (including phenoxy) is 1. The molecule has 4 rings (SSSR count). The first-order chi connectivity index (χ1) is 18.3. The summed E-state index contributed by atoms with van der Waals surface area (Å²) in [7, 11) is 0. The molecule has 3 aromatic rings. The van der Waals surface area contributed by atoms with Crippen molar-refractivity contribution in [3.8, 4) is 23.0 Å². The summed E-state index contributed by atoms with van der Waals surface area (Å²) in [5, 5.41) is 17.9. The van der Waals surface area contributed by atoms with E-state index in [1.54, 1.807) is 6.92 Å². The molecule has 1 fully saturated rings. The van der Waals surface area contributed by atoms with Crippen LogP contribution in [0.3, 0.4) is 0 Å². The molecule has 0 saturated heterocycles. The number of anilines is 1. The summed E-state index contributed by atoms with van der Waals surface area (Å²) < 4.78 is 46.4. The molecule has 0 spiro atoms. The minimum Gasteiger partial charge on any atom is -0.428 e. The number of alkyl halides is 3. The number of hydrogen-bond donors (Lipinski definition) is 3. The van der Waals surface area contributed by atoms with E-state index in [2.05, 4.69) is 22.1 Å². The van der Waals surface area contributed by atoms with Gasteiger partial charge in [-0.05, 0) is 38.0 Å². The molecule has 2 heterocycles. The highest BCUT2D eigenvalue weighted by Crippen LogP contribution is 2.37. The van der Waals surface area contributed by atoms with Crippen LogP contribution in [0.1, 0.15) is 46.3 Å². The van der Waals surface area contributed by atoms with E-state index in [0.717, 1.165) is 59.2 Å². The molecule has 0 aliphatic heterocycles. The van der Waals surface area contributed by atoms with Crippen LogP contribution in [0.5, 0.6) is 0 Å². The van der Waals surface area contributed by atoms with Gasteiger partial charge in [0.25, 0.3) is 11.5 Å². The highest BCUT2D eigenvalue weighted by atomic mass is 35.5. The van der Waals surface area contributed by atoms with Crippen LogP contribution < -0.4 is 10.9 Å². The van der Waals surface area contributed by atoms with Crippen molar-refractivity contribution in [3.05, 3.63) is 67.5 Å². The molecule has 0 bridgehead atoms. The van der Waals surface area contributed by atoms with E-state index in [1.165, 1.54) is 6.92 Å². The summed E-state index contributed by atoms with van der Waals surface area (Å²) in [6.07, 6.45) is -1.46. The number of pyridine rings is 1. The lowest BCUT2D eigenvalue weighted by atomic mass is 9.99. The Kier molecular flexibility index (Phi) is 7.94. The van der Waals surface area contributed by atoms with Gasteiger partial charge in [-0.25, -0.2) is 4.98 Å². The summed E-state index contributed by atoms with van der Waals surface area (Å²) in [5.74, 6) is 5.01. The molecule has 3 N–H and O–H groups in total. The molecule has 1 aliphatic carbocycles. The van der Waals surface area contributed by atoms with Crippen LogP contribution in [0, 0.1) is 35.5 Å². The smallest absolute Gasteiger partial charge is 0.416 e. The van der Waals surface area contributed by atoms with Gasteiger partial charge in [0, 0.05) is 41.3 Å². The van der Waals surface area contributed by atoms with Gasteiger partial charge in [0.15, 0.2) is 11.0 Å². The minimum absolute atomic E-state index is 0.0791. The summed E-state index contributed by atoms with van der Waals surface area (Å²) in [6, 6.07) is 3.59. The number of carbonyl (C=O) groups is 1. The molecule has 2 aromatic heterocycles. The second-order valence-electron chi connectivity index (χ2n) is 8.77. The van der Waals surface area contributed by atoms with Gasteiger partial charge in [-0.1, -0.05) is 34.8 Å². The van der Waals surface area contributed by atoms with Crippen molar-refractivity contribution in [3.63, 3.8) is 0 Å². The predicted octanol–water partition coefficient (Wildman–Crippen LogP) is 5.96. The van der Waals surface area contributed by atoms with E-state index < -0.39 is 35.6 Å². The zero-order chi connectivity index (χ0) is 28.5. The van der Waals surface area contributed by atoms with Gasteiger partial charge >= 0.3 is 6.18 Å². The first-order valence-electron chi connectivity index (χ1n) is 11.5. The molecule has 0 atom stereocenters. The number of hydrogen-bond acceptors (Lipinski definition) is 7. The Morgan fingerprint density at radius 1 is 1.28 bits per heavy atom. The zero-order valence-corrected chi connectivity index (χ0v) is 22.2. The lowest BCUT2D eigenvalue weighted by molar-refractivity contribution is -0.137. The fourth-order valence-corrected chi connectivity index (χ4v) is 4.55. The molecule has 39 heavy (non-hydrogen) atoms. The van der Waals surface area contributed by atoms with Crippen LogP contribution in [0.2, 0.25) is 5.02 Å². The van der Waals surface area contributed by atoms with Crippen molar-refractivity contribution in [2.24, 2.45) is 5.92 Å². The Labute approximate surface area is 229 Å². The molecule has 1 amide bonds. The van der Waals surface area contributed by atoms with Gasteiger partial charge in [-0.2, -0.15) is 13.2 Å². The summed E-state index contributed by atoms with van der Waals surface area (Å²) in [5.41, 5.74) is -1.59. The van der Waals surface area contributed by atoms with Crippen LogP contribution in [0.4, 0.5) is 18.3 Å². The standard InChI is InChI=1S/C26H21ClF3N5O3S/c1-13-21(8-5-15-3-4-15)39-25(33-13)34-24(37)18-10-23(36)35(12-22(32)38-14(2)31)11-19(18)17-9-16(26(28,29)30)6-7-20(17)27/h6-7,9-11,15,31-32H,3-4,12H2,1-2H3,(H,33,34,37). The average Bonchev–Trinajstić information content (AvgIpc) is 3.60. The number of thiazole rings is 1. The Bertz CT molecular complexity index is 1610. The van der Waals surface area contributed by atoms with Crippen LogP contribution in [0.15, 0.2) is 35.3 Å². The molecule has 1 aromatic carbocycles. The van der Waals surface area contributed by atoms with Crippen LogP contribution in [0.25, 0.3) is 11.1 Å². The van der Waals surface area contributed by atoms with Crippen molar-refractivity contribution < 1.29 is 22.7 Å². The number of halogens is 4. The summed E-state index contributed by atoms with van der Waals surface area (Å²) in [4.78, 5) is 31.2. The SMILES string of the molecule is CC(=N)OC(=N)Cn1cc(-c2cc(C(F)(F)F)ccc2Cl)c(C(=O)Nc2nc(C)c(C#CC3CC3)s2)cc1=O. The van der Waals surface area contributed by atoms with Crippen molar-refractivity contribution >= 4 is 45.8 Å². The van der Waals surface area contributed by atoms with Crippen LogP contribution in [-0.4, -0.2) is 27.3 Å². The fourth-order valence-electron chi connectivity index (χ4n) is 3.50. The molecule has 1 aliphatic rings. The first-order valence-corrected chi connectivity index (χ1v) is 12.7. The summed E-state index contributed by atoms with van der Waals surface area (Å²) >= 11 is 7.41. The zero-order valence-electron chi connectivity index (χ0n) is 20.6. The molecular formula is C26H21ClF3N5O3S. The Morgan fingerprint density at radius 2 is 2.00 bits per heavy atom. The number of aryl methyl sites for hydroxylation is 1. The Balaban J connectivity index is 1.77. The number of rotatable bonds is 5. The van der Waals surface area contributed by atoms with Crippen LogP contribution in [-0.2, 0) is 17.5 Å². The van der Waals surface area contributed by atoms with E-state index in [-0.39, 0.29) is 32.7 Å². The molecule has 0 unspecified atom stereocenters. The minimum atomic E-state index is -4.69. The highest BCUT2D eigenvalue weighted by Gasteiger charge is 2.32. The van der Waals surface area contributed by atoms with Crippen molar-refractivity contribution in [2.75, 3.05) is 5.32 Å². The largest absolute Gasteiger partial charge is 0.428 e. The lowest BCUT2D eigenvalue weighted by Gasteiger charge is -2.16. The topological polar surface area (TPSA) is 121 Å². The van der Waals surface area contributed by atoms with Crippen LogP contribution >= 0.6 is 22.9 Å². The number of benzene rings is 1. The Morgan fingerprint density at radius 3 is 2.64 bits per heavy atom. The molecule has 13 heteroatoms. The maximum absolute atomic E-state index is 13.5. The maximum atomic E-state index is 13.5. The maximum Gasteiger partial charge on any atom is 0.416 e. The van der Waals surface area contributed by atoms with Crippen molar-refractivity contribution in [1.82, 2.24) is 9.55 Å². The van der Waals surface area contributed by atoms with Crippen molar-refractivity contribution in [1.29, 1.82) is 10.8 Å². The first kappa shape index (κ1) is 28.1. The Hall–Kier alpha value is -3.95. The second kappa shape index (κ2) is 11.0. The van der Waals surface area contributed by atoms with E-state index in [9.17, 15) is 22.8 Å². The van der Waals surface area contributed by atoms with E-state index in [0.29, 0.717) is 16.5 Å². The van der Waals surface area contributed by atoms with Gasteiger partial charge in [-0.15, -0.1) is 0 Å². The van der Waals surface area contributed by atoms with E-state index in [4.69, 9.17) is 27.2 Å². The number of amides is 1. The van der Waals surface area contributed by atoms with Gasteiger partial charge in [0.05, 0.1) is 16.8 Å². The highest BCUT2D eigenvalue weighted by molar-refractivity contribution is 7.16. The second-order valence-corrected chi connectivity index (χ2v) is 10.2. The number of carbonyl (C=O) groups excluding carboxylic acids is 1. The third-order valence-electron chi connectivity index (χ3n) is 5.53. The quantitative estimate of drug-likeness (QED) is 0.197. The molecule has 1 saturated carbocycles. The lowest BCUT2D eigenvalue weighted by Crippen LogP contribution is -2.27. The number of nitrogens with zero attached hydrogens (tertiary/aromatic N) is 2. The summed E-state index contributed by atoms with van der Waals surface area (Å²) in [6.45, 7) is 2.60. The van der Waals surface area contributed by atoms with Gasteiger partial charge in [-0.3, -0.25) is 25.7 Å². The molecule has 0 radical (unpaired) electrons. The molecule has 8 nitrogen and oxygen atoms in total. The van der Waals surface area contributed by atoms with Crippen molar-refractivity contribution in [2.45, 2.75) is 39.4 Å². The third kappa shape index (κ3) is 6.93. The predicted molar refractivity (Wildman–Crippen MR) is 143 cm³/mol. The van der Waals surface area contributed by atoms with Gasteiger partial charge in [0.1, 0.15) is 11.4 Å². The van der Waals surface area contributed by atoms with Gasteiger partial charge in [0.2, 0.25) is 5.90 Å². The van der Waals surface area contributed by atoms with E-state index in [1.807, 2.05) is 0 Å². The van der Waals surface area contributed by atoms with Gasteiger partial charge < -0.3 is 9.30 Å². The fraction of sp³-hybridized carbons (Fsp3) is 0.269. The average molecular weight is 576 g/mol. The monoisotopic (exact) mass is 575 g/mol. The third-order valence-corrected chi connectivity index (χ3v) is 6.85.